The first kappa shape index (κ1) is 9.88. The van der Waals surface area contributed by atoms with Gasteiger partial charge in [-0.15, -0.1) is 0 Å². The molecule has 1 aliphatic carbocycles. The second kappa shape index (κ2) is 3.84. The van der Waals surface area contributed by atoms with E-state index in [2.05, 4.69) is 20.8 Å². The molecular formula is C8H13N5O2. The van der Waals surface area contributed by atoms with Crippen LogP contribution in [0.2, 0.25) is 0 Å². The first-order chi connectivity index (χ1) is 7.16. The van der Waals surface area contributed by atoms with Crippen LogP contribution in [0, 0.1) is 5.92 Å². The molecule has 0 saturated heterocycles. The zero-order valence-corrected chi connectivity index (χ0v) is 8.42. The quantitative estimate of drug-likeness (QED) is 0.723. The lowest BCUT2D eigenvalue weighted by Crippen LogP contribution is -2.20. The molecule has 2 atom stereocenters. The highest BCUT2D eigenvalue weighted by molar-refractivity contribution is 5.70. The van der Waals surface area contributed by atoms with E-state index in [0.29, 0.717) is 12.4 Å². The summed E-state index contributed by atoms with van der Waals surface area (Å²) in [6, 6.07) is 0.163. The van der Waals surface area contributed by atoms with Crippen molar-refractivity contribution in [1.82, 2.24) is 20.2 Å². The van der Waals surface area contributed by atoms with Gasteiger partial charge in [-0.25, -0.2) is 4.68 Å². The lowest BCUT2D eigenvalue weighted by molar-refractivity contribution is -0.141. The number of nitrogens with zero attached hydrogens (tertiary/aromatic N) is 4. The van der Waals surface area contributed by atoms with E-state index in [1.165, 1.54) is 4.68 Å². The van der Waals surface area contributed by atoms with Crippen molar-refractivity contribution in [2.75, 3.05) is 5.32 Å². The maximum Gasteiger partial charge on any atom is 0.306 e. The van der Waals surface area contributed by atoms with Crippen LogP contribution < -0.4 is 5.32 Å². The van der Waals surface area contributed by atoms with Crippen molar-refractivity contribution in [2.45, 2.75) is 25.3 Å². The molecule has 7 nitrogen and oxygen atoms in total. The Morgan fingerprint density at radius 1 is 1.60 bits per heavy atom. The van der Waals surface area contributed by atoms with Gasteiger partial charge in [0, 0.05) is 13.1 Å². The number of hydrogen-bond acceptors (Lipinski definition) is 5. The van der Waals surface area contributed by atoms with Crippen LogP contribution in [0.25, 0.3) is 0 Å². The SMILES string of the molecule is Cn1nnnc1N[C@H]1CC[C@@H](C(=O)O)C1. The zero-order valence-electron chi connectivity index (χ0n) is 8.42. The van der Waals surface area contributed by atoms with E-state index in [1.54, 1.807) is 7.05 Å². The molecule has 0 spiro atoms. The molecule has 7 heteroatoms. The Kier molecular flexibility index (Phi) is 2.53. The smallest absolute Gasteiger partial charge is 0.306 e. The third-order valence-corrected chi connectivity index (χ3v) is 2.74. The van der Waals surface area contributed by atoms with E-state index in [-0.39, 0.29) is 12.0 Å². The van der Waals surface area contributed by atoms with Gasteiger partial charge in [0.1, 0.15) is 0 Å². The van der Waals surface area contributed by atoms with Gasteiger partial charge in [-0.05, 0) is 29.7 Å². The minimum Gasteiger partial charge on any atom is -0.481 e. The molecule has 0 aromatic carbocycles. The van der Waals surface area contributed by atoms with Crippen molar-refractivity contribution in [3.05, 3.63) is 0 Å². The molecular weight excluding hydrogens is 198 g/mol. The van der Waals surface area contributed by atoms with Crippen LogP contribution in [-0.4, -0.2) is 37.3 Å². The number of aliphatic carboxylic acids is 1. The highest BCUT2D eigenvalue weighted by Gasteiger charge is 2.30. The van der Waals surface area contributed by atoms with E-state index in [1.807, 2.05) is 0 Å². The summed E-state index contributed by atoms with van der Waals surface area (Å²) in [5, 5.41) is 23.0. The van der Waals surface area contributed by atoms with Gasteiger partial charge in [0.05, 0.1) is 5.92 Å². The summed E-state index contributed by atoms with van der Waals surface area (Å²) in [6.45, 7) is 0. The predicted molar refractivity (Wildman–Crippen MR) is 51.2 cm³/mol. The first-order valence-corrected chi connectivity index (χ1v) is 4.88. The van der Waals surface area contributed by atoms with Crippen LogP contribution in [0.4, 0.5) is 5.95 Å². The molecule has 0 unspecified atom stereocenters. The van der Waals surface area contributed by atoms with Crippen molar-refractivity contribution in [1.29, 1.82) is 0 Å². The summed E-state index contributed by atoms with van der Waals surface area (Å²) in [5.41, 5.74) is 0. The van der Waals surface area contributed by atoms with Gasteiger partial charge in [0.25, 0.3) is 0 Å². The van der Waals surface area contributed by atoms with Gasteiger partial charge in [-0.3, -0.25) is 4.79 Å². The van der Waals surface area contributed by atoms with E-state index in [0.717, 1.165) is 12.8 Å². The molecule has 1 heterocycles. The zero-order chi connectivity index (χ0) is 10.8. The summed E-state index contributed by atoms with van der Waals surface area (Å²) < 4.78 is 1.54. The number of anilines is 1. The van der Waals surface area contributed by atoms with Crippen LogP contribution in [-0.2, 0) is 11.8 Å². The van der Waals surface area contributed by atoms with E-state index < -0.39 is 5.97 Å². The van der Waals surface area contributed by atoms with Gasteiger partial charge in [0.15, 0.2) is 0 Å². The van der Waals surface area contributed by atoms with Crippen molar-refractivity contribution in [3.63, 3.8) is 0 Å². The molecule has 0 aliphatic heterocycles. The summed E-state index contributed by atoms with van der Waals surface area (Å²) in [4.78, 5) is 10.7. The Hall–Kier alpha value is -1.66. The lowest BCUT2D eigenvalue weighted by Gasteiger charge is -2.11. The molecule has 1 aromatic heterocycles. The number of aryl methyl sites for hydroxylation is 1. The first-order valence-electron chi connectivity index (χ1n) is 4.88. The fourth-order valence-corrected chi connectivity index (χ4v) is 1.87. The molecule has 1 saturated carbocycles. The topological polar surface area (TPSA) is 92.9 Å². The molecule has 0 bridgehead atoms. The van der Waals surface area contributed by atoms with Crippen molar-refractivity contribution in [3.8, 4) is 0 Å². The number of tetrazole rings is 1. The number of carboxylic acids is 1. The van der Waals surface area contributed by atoms with Gasteiger partial charge in [-0.1, -0.05) is 5.10 Å². The van der Waals surface area contributed by atoms with Crippen LogP contribution in [0.15, 0.2) is 0 Å². The number of aromatic nitrogens is 4. The average molecular weight is 211 g/mol. The molecule has 1 aromatic rings. The summed E-state index contributed by atoms with van der Waals surface area (Å²) in [7, 11) is 1.74. The van der Waals surface area contributed by atoms with Crippen LogP contribution in [0.5, 0.6) is 0 Å². The normalized spacial score (nSPS) is 25.4. The van der Waals surface area contributed by atoms with Crippen molar-refractivity contribution in [2.24, 2.45) is 13.0 Å². The number of nitrogens with one attached hydrogen (secondary N) is 1. The molecule has 2 rings (SSSR count). The lowest BCUT2D eigenvalue weighted by atomic mass is 10.1. The Balaban J connectivity index is 1.93. The van der Waals surface area contributed by atoms with Crippen molar-refractivity contribution < 1.29 is 9.90 Å². The van der Waals surface area contributed by atoms with Crippen LogP contribution in [0.1, 0.15) is 19.3 Å². The van der Waals surface area contributed by atoms with Crippen LogP contribution in [0.3, 0.4) is 0 Å². The van der Waals surface area contributed by atoms with E-state index in [4.69, 9.17) is 5.11 Å². The molecule has 1 fully saturated rings. The van der Waals surface area contributed by atoms with E-state index in [9.17, 15) is 4.79 Å². The summed E-state index contributed by atoms with van der Waals surface area (Å²) in [5.74, 6) is -0.356. The summed E-state index contributed by atoms with van der Waals surface area (Å²) in [6.07, 6.45) is 2.21. The van der Waals surface area contributed by atoms with E-state index >= 15 is 0 Å². The number of carbonyl (C=O) groups is 1. The van der Waals surface area contributed by atoms with Gasteiger partial charge < -0.3 is 10.4 Å². The Bertz CT molecular complexity index is 364. The maximum atomic E-state index is 10.7. The molecule has 2 N–H and O–H groups in total. The highest BCUT2D eigenvalue weighted by Crippen LogP contribution is 2.27. The minimum atomic E-state index is -0.713. The molecule has 0 radical (unpaired) electrons. The van der Waals surface area contributed by atoms with Gasteiger partial charge in [0.2, 0.25) is 5.95 Å². The van der Waals surface area contributed by atoms with Gasteiger partial charge >= 0.3 is 5.97 Å². The third kappa shape index (κ3) is 2.05. The van der Waals surface area contributed by atoms with Crippen molar-refractivity contribution >= 4 is 11.9 Å². The Morgan fingerprint density at radius 2 is 2.40 bits per heavy atom. The second-order valence-corrected chi connectivity index (χ2v) is 3.82. The maximum absolute atomic E-state index is 10.7. The average Bonchev–Trinajstić information content (AvgIpc) is 2.77. The fraction of sp³-hybridized carbons (Fsp3) is 0.750. The number of carboxylic acid groups (broad SMARTS) is 1. The minimum absolute atomic E-state index is 0.163. The predicted octanol–water partition coefficient (Wildman–Crippen LogP) is -0.125. The summed E-state index contributed by atoms with van der Waals surface area (Å²) >= 11 is 0. The standard InChI is InChI=1S/C8H13N5O2/c1-13-8(10-11-12-13)9-6-3-2-5(4-6)7(14)15/h5-6H,2-4H2,1H3,(H,14,15)(H,9,10,12)/t5-,6+/m1/s1. The molecule has 1 aliphatic rings. The number of rotatable bonds is 3. The third-order valence-electron chi connectivity index (χ3n) is 2.74. The monoisotopic (exact) mass is 211 g/mol. The largest absolute Gasteiger partial charge is 0.481 e. The second-order valence-electron chi connectivity index (χ2n) is 3.82. The molecule has 82 valence electrons. The molecule has 15 heavy (non-hydrogen) atoms. The number of hydrogen-bond donors (Lipinski definition) is 2. The van der Waals surface area contributed by atoms with Gasteiger partial charge in [-0.2, -0.15) is 0 Å². The molecule has 0 amide bonds. The Labute approximate surface area is 86.5 Å². The van der Waals surface area contributed by atoms with Crippen LogP contribution >= 0.6 is 0 Å². The highest BCUT2D eigenvalue weighted by atomic mass is 16.4. The Morgan fingerprint density at radius 3 is 2.93 bits per heavy atom. The fourth-order valence-electron chi connectivity index (χ4n) is 1.87.